The summed E-state index contributed by atoms with van der Waals surface area (Å²) in [6.45, 7) is 3.84. The molecule has 1 aliphatic heterocycles. The summed E-state index contributed by atoms with van der Waals surface area (Å²) >= 11 is 0. The van der Waals surface area contributed by atoms with Gasteiger partial charge < -0.3 is 5.32 Å². The van der Waals surface area contributed by atoms with Crippen LogP contribution in [0.5, 0.6) is 0 Å². The van der Waals surface area contributed by atoms with Gasteiger partial charge in [-0.25, -0.2) is 0 Å². The monoisotopic (exact) mass is 356 g/mol. The second kappa shape index (κ2) is 6.78. The summed E-state index contributed by atoms with van der Waals surface area (Å²) in [4.78, 5) is 0. The number of fused-ring (bicyclic) bond motifs is 3. The molecule has 3 aromatic rings. The van der Waals surface area contributed by atoms with Crippen molar-refractivity contribution in [3.8, 4) is 5.69 Å². The molecule has 1 atom stereocenters. The third-order valence-corrected chi connectivity index (χ3v) is 5.85. The van der Waals surface area contributed by atoms with E-state index in [1.807, 2.05) is 0 Å². The largest absolute Gasteiger partial charge is 0.306 e. The molecule has 0 spiro atoms. The molecule has 1 aliphatic carbocycles. The fraction of sp³-hybridized carbons (Fsp3) is 0.304. The SMILES string of the molecule is Cc1ccccc1C1=CCC(c2nnc3n2-c2ccccc2CNC3)CC1. The molecule has 0 fully saturated rings. The van der Waals surface area contributed by atoms with Gasteiger partial charge in [0.05, 0.1) is 12.2 Å². The number of para-hydroxylation sites is 1. The van der Waals surface area contributed by atoms with Gasteiger partial charge in [0.15, 0.2) is 5.82 Å². The molecule has 2 heterocycles. The number of hydrogen-bond acceptors (Lipinski definition) is 3. The van der Waals surface area contributed by atoms with E-state index in [1.165, 1.54) is 28.0 Å². The van der Waals surface area contributed by atoms with Crippen molar-refractivity contribution in [1.29, 1.82) is 0 Å². The van der Waals surface area contributed by atoms with Crippen LogP contribution in [-0.4, -0.2) is 14.8 Å². The number of benzene rings is 2. The Morgan fingerprint density at radius 1 is 1.00 bits per heavy atom. The summed E-state index contributed by atoms with van der Waals surface area (Å²) in [5.74, 6) is 2.55. The van der Waals surface area contributed by atoms with Crippen molar-refractivity contribution in [3.63, 3.8) is 0 Å². The second-order valence-electron chi connectivity index (χ2n) is 7.56. The summed E-state index contributed by atoms with van der Waals surface area (Å²) in [7, 11) is 0. The maximum atomic E-state index is 4.62. The zero-order valence-electron chi connectivity index (χ0n) is 15.7. The number of rotatable bonds is 2. The minimum absolute atomic E-state index is 0.421. The Bertz CT molecular complexity index is 1010. The third-order valence-electron chi connectivity index (χ3n) is 5.85. The van der Waals surface area contributed by atoms with Crippen molar-refractivity contribution < 1.29 is 0 Å². The lowest BCUT2D eigenvalue weighted by Crippen LogP contribution is -2.13. The topological polar surface area (TPSA) is 42.7 Å². The minimum Gasteiger partial charge on any atom is -0.306 e. The Balaban J connectivity index is 1.49. The number of aromatic nitrogens is 3. The van der Waals surface area contributed by atoms with Crippen LogP contribution >= 0.6 is 0 Å². The van der Waals surface area contributed by atoms with Gasteiger partial charge in [0.2, 0.25) is 0 Å². The Labute approximate surface area is 160 Å². The molecule has 0 saturated heterocycles. The predicted molar refractivity (Wildman–Crippen MR) is 108 cm³/mol. The van der Waals surface area contributed by atoms with Crippen LogP contribution in [0.25, 0.3) is 11.3 Å². The lowest BCUT2D eigenvalue weighted by Gasteiger charge is -2.23. The zero-order valence-corrected chi connectivity index (χ0v) is 15.7. The summed E-state index contributed by atoms with van der Waals surface area (Å²) < 4.78 is 2.30. The van der Waals surface area contributed by atoms with Gasteiger partial charge in [0.1, 0.15) is 5.82 Å². The minimum atomic E-state index is 0.421. The van der Waals surface area contributed by atoms with E-state index in [0.717, 1.165) is 44.0 Å². The molecular formula is C23H24N4. The van der Waals surface area contributed by atoms with Gasteiger partial charge in [0, 0.05) is 12.5 Å². The first-order valence-electron chi connectivity index (χ1n) is 9.79. The van der Waals surface area contributed by atoms with Crippen LogP contribution in [0.4, 0.5) is 0 Å². The highest BCUT2D eigenvalue weighted by atomic mass is 15.3. The number of aryl methyl sites for hydroxylation is 1. The smallest absolute Gasteiger partial charge is 0.151 e. The summed E-state index contributed by atoms with van der Waals surface area (Å²) in [5.41, 5.74) is 6.77. The molecule has 1 unspecified atom stereocenters. The summed E-state index contributed by atoms with van der Waals surface area (Å²) in [6, 6.07) is 17.3. The third kappa shape index (κ3) is 2.90. The summed E-state index contributed by atoms with van der Waals surface area (Å²) in [6.07, 6.45) is 5.65. The predicted octanol–water partition coefficient (Wildman–Crippen LogP) is 4.53. The van der Waals surface area contributed by atoms with Crippen LogP contribution < -0.4 is 5.32 Å². The van der Waals surface area contributed by atoms with Crippen LogP contribution in [0, 0.1) is 6.92 Å². The normalized spacial score (nSPS) is 19.0. The number of nitrogens with zero attached hydrogens (tertiary/aromatic N) is 3. The van der Waals surface area contributed by atoms with E-state index in [-0.39, 0.29) is 0 Å². The first-order valence-corrected chi connectivity index (χ1v) is 9.79. The van der Waals surface area contributed by atoms with Gasteiger partial charge in [-0.3, -0.25) is 4.57 Å². The second-order valence-corrected chi connectivity index (χ2v) is 7.56. The molecule has 5 rings (SSSR count). The van der Waals surface area contributed by atoms with Crippen molar-refractivity contribution in [1.82, 2.24) is 20.1 Å². The Hall–Kier alpha value is -2.72. The first kappa shape index (κ1) is 16.5. The Morgan fingerprint density at radius 2 is 1.85 bits per heavy atom. The van der Waals surface area contributed by atoms with E-state index in [1.54, 1.807) is 0 Å². The standard InChI is InChI=1S/C23H24N4/c1-16-6-2-4-8-20(16)17-10-12-18(13-11-17)23-26-25-22-15-24-14-19-7-3-5-9-21(19)27(22)23/h2-10,18,24H,11-15H2,1H3. The van der Waals surface area contributed by atoms with Crippen LogP contribution in [-0.2, 0) is 13.1 Å². The first-order chi connectivity index (χ1) is 13.3. The molecule has 2 aliphatic rings. The van der Waals surface area contributed by atoms with Gasteiger partial charge in [0.25, 0.3) is 0 Å². The van der Waals surface area contributed by atoms with Crippen molar-refractivity contribution in [3.05, 3.63) is 82.9 Å². The van der Waals surface area contributed by atoms with Gasteiger partial charge in [-0.05, 0) is 54.5 Å². The average molecular weight is 356 g/mol. The van der Waals surface area contributed by atoms with Crippen molar-refractivity contribution in [2.75, 3.05) is 0 Å². The molecule has 4 nitrogen and oxygen atoms in total. The van der Waals surface area contributed by atoms with E-state index in [9.17, 15) is 0 Å². The number of hydrogen-bond donors (Lipinski definition) is 1. The van der Waals surface area contributed by atoms with Gasteiger partial charge in [-0.2, -0.15) is 0 Å². The Morgan fingerprint density at radius 3 is 2.70 bits per heavy atom. The Kier molecular flexibility index (Phi) is 4.13. The average Bonchev–Trinajstić information content (AvgIpc) is 3.04. The van der Waals surface area contributed by atoms with E-state index in [2.05, 4.69) is 81.6 Å². The molecule has 0 amide bonds. The lowest BCUT2D eigenvalue weighted by molar-refractivity contribution is 0.576. The molecule has 1 aromatic heterocycles. The maximum Gasteiger partial charge on any atom is 0.151 e. The van der Waals surface area contributed by atoms with Crippen LogP contribution in [0.1, 0.15) is 53.5 Å². The molecule has 2 aromatic carbocycles. The van der Waals surface area contributed by atoms with Crippen molar-refractivity contribution >= 4 is 5.57 Å². The summed E-state index contributed by atoms with van der Waals surface area (Å²) in [5, 5.41) is 12.6. The fourth-order valence-corrected chi connectivity index (χ4v) is 4.41. The number of allylic oxidation sites excluding steroid dienone is 2. The van der Waals surface area contributed by atoms with E-state index < -0.39 is 0 Å². The van der Waals surface area contributed by atoms with E-state index in [0.29, 0.717) is 5.92 Å². The maximum absolute atomic E-state index is 4.62. The molecule has 0 radical (unpaired) electrons. The molecule has 0 bridgehead atoms. The number of nitrogens with one attached hydrogen (secondary N) is 1. The van der Waals surface area contributed by atoms with Crippen LogP contribution in [0.3, 0.4) is 0 Å². The molecular weight excluding hydrogens is 332 g/mol. The van der Waals surface area contributed by atoms with Crippen LogP contribution in [0.2, 0.25) is 0 Å². The lowest BCUT2D eigenvalue weighted by atomic mass is 9.85. The van der Waals surface area contributed by atoms with Crippen molar-refractivity contribution in [2.45, 2.75) is 45.2 Å². The fourth-order valence-electron chi connectivity index (χ4n) is 4.41. The molecule has 136 valence electrons. The molecule has 0 saturated carbocycles. The van der Waals surface area contributed by atoms with Crippen molar-refractivity contribution in [2.24, 2.45) is 0 Å². The van der Waals surface area contributed by atoms with Gasteiger partial charge in [-0.15, -0.1) is 10.2 Å². The molecule has 1 N–H and O–H groups in total. The highest BCUT2D eigenvalue weighted by Gasteiger charge is 2.26. The highest BCUT2D eigenvalue weighted by molar-refractivity contribution is 5.69. The van der Waals surface area contributed by atoms with E-state index >= 15 is 0 Å². The highest BCUT2D eigenvalue weighted by Crippen LogP contribution is 2.37. The van der Waals surface area contributed by atoms with Crippen LogP contribution in [0.15, 0.2) is 54.6 Å². The quantitative estimate of drug-likeness (QED) is 0.733. The van der Waals surface area contributed by atoms with E-state index in [4.69, 9.17) is 0 Å². The zero-order chi connectivity index (χ0) is 18.2. The molecule has 4 heteroatoms. The molecule has 27 heavy (non-hydrogen) atoms. The van der Waals surface area contributed by atoms with Gasteiger partial charge >= 0.3 is 0 Å². The van der Waals surface area contributed by atoms with Gasteiger partial charge in [-0.1, -0.05) is 48.5 Å².